The molecule has 0 aromatic heterocycles. The van der Waals surface area contributed by atoms with E-state index in [0.29, 0.717) is 6.07 Å². The van der Waals surface area contributed by atoms with Gasteiger partial charge in [0, 0.05) is 7.11 Å². The molecule has 0 unspecified atom stereocenters. The lowest BCUT2D eigenvalue weighted by molar-refractivity contribution is -0.138. The van der Waals surface area contributed by atoms with Gasteiger partial charge in [-0.05, 0) is 17.7 Å². The van der Waals surface area contributed by atoms with Crippen LogP contribution in [0, 0.1) is 0 Å². The summed E-state index contributed by atoms with van der Waals surface area (Å²) >= 11 is 0. The number of hydrogen-bond acceptors (Lipinski definition) is 2. The van der Waals surface area contributed by atoms with E-state index in [0.717, 1.165) is 0 Å². The second-order valence-electron chi connectivity index (χ2n) is 2.77. The van der Waals surface area contributed by atoms with Crippen LogP contribution in [0.1, 0.15) is 11.1 Å². The molecule has 0 radical (unpaired) electrons. The average molecular weight is 206 g/mol. The molecule has 2 nitrogen and oxygen atoms in total. The van der Waals surface area contributed by atoms with Crippen molar-refractivity contribution >= 4 is 0 Å². The van der Waals surface area contributed by atoms with Crippen molar-refractivity contribution in [3.8, 4) is 5.75 Å². The zero-order chi connectivity index (χ0) is 10.8. The highest BCUT2D eigenvalue weighted by atomic mass is 19.4. The number of aromatic hydroxyl groups is 1. The molecule has 14 heavy (non-hydrogen) atoms. The minimum absolute atomic E-state index is 0.0119. The first-order chi connectivity index (χ1) is 6.45. The number of ether oxygens (including phenoxy) is 1. The van der Waals surface area contributed by atoms with Gasteiger partial charge in [-0.15, -0.1) is 0 Å². The van der Waals surface area contributed by atoms with Gasteiger partial charge in [-0.2, -0.15) is 13.2 Å². The third-order valence-corrected chi connectivity index (χ3v) is 1.70. The van der Waals surface area contributed by atoms with Crippen molar-refractivity contribution < 1.29 is 23.0 Å². The van der Waals surface area contributed by atoms with Crippen LogP contribution in [0.4, 0.5) is 13.2 Å². The summed E-state index contributed by atoms with van der Waals surface area (Å²) in [4.78, 5) is 0. The minimum Gasteiger partial charge on any atom is -0.508 e. The topological polar surface area (TPSA) is 29.5 Å². The van der Waals surface area contributed by atoms with Crippen molar-refractivity contribution in [1.82, 2.24) is 0 Å². The number of methoxy groups -OCH3 is 1. The Morgan fingerprint density at radius 2 is 2.00 bits per heavy atom. The van der Waals surface area contributed by atoms with Crippen LogP contribution in [0.5, 0.6) is 5.75 Å². The van der Waals surface area contributed by atoms with Crippen molar-refractivity contribution in [2.75, 3.05) is 7.11 Å². The second-order valence-corrected chi connectivity index (χ2v) is 2.77. The van der Waals surface area contributed by atoms with Gasteiger partial charge in [-0.25, -0.2) is 0 Å². The highest BCUT2D eigenvalue weighted by Crippen LogP contribution is 2.34. The van der Waals surface area contributed by atoms with Crippen LogP contribution in [-0.4, -0.2) is 12.2 Å². The third kappa shape index (κ3) is 2.38. The van der Waals surface area contributed by atoms with E-state index in [9.17, 15) is 13.2 Å². The molecule has 0 aliphatic carbocycles. The number of rotatable bonds is 2. The van der Waals surface area contributed by atoms with E-state index >= 15 is 0 Å². The number of hydrogen-bond donors (Lipinski definition) is 1. The van der Waals surface area contributed by atoms with Crippen LogP contribution in [0.3, 0.4) is 0 Å². The van der Waals surface area contributed by atoms with Gasteiger partial charge in [-0.1, -0.05) is 6.07 Å². The third-order valence-electron chi connectivity index (χ3n) is 1.70. The lowest BCUT2D eigenvalue weighted by Crippen LogP contribution is -2.09. The Labute approximate surface area is 78.9 Å². The zero-order valence-electron chi connectivity index (χ0n) is 7.43. The summed E-state index contributed by atoms with van der Waals surface area (Å²) in [6, 6.07) is 3.08. The Morgan fingerprint density at radius 3 is 2.50 bits per heavy atom. The number of halogens is 3. The van der Waals surface area contributed by atoms with Crippen LogP contribution in [-0.2, 0) is 17.5 Å². The molecule has 5 heteroatoms. The molecule has 0 fully saturated rings. The Morgan fingerprint density at radius 1 is 1.36 bits per heavy atom. The summed E-state index contributed by atoms with van der Waals surface area (Å²) in [5, 5.41) is 8.93. The van der Waals surface area contributed by atoms with Crippen molar-refractivity contribution in [2.45, 2.75) is 12.8 Å². The molecule has 1 aromatic carbocycles. The first kappa shape index (κ1) is 10.8. The van der Waals surface area contributed by atoms with E-state index in [1.807, 2.05) is 0 Å². The van der Waals surface area contributed by atoms with Crippen molar-refractivity contribution in [3.63, 3.8) is 0 Å². The SMILES string of the molecule is COCc1ccc(O)cc1C(F)(F)F. The van der Waals surface area contributed by atoms with Crippen LogP contribution >= 0.6 is 0 Å². The first-order valence-corrected chi connectivity index (χ1v) is 3.83. The van der Waals surface area contributed by atoms with E-state index in [-0.39, 0.29) is 12.2 Å². The molecule has 0 bridgehead atoms. The van der Waals surface area contributed by atoms with Crippen molar-refractivity contribution in [1.29, 1.82) is 0 Å². The Kier molecular flexibility index (Phi) is 3.00. The molecule has 0 heterocycles. The summed E-state index contributed by atoms with van der Waals surface area (Å²) in [6.45, 7) is -0.130. The van der Waals surface area contributed by atoms with Gasteiger partial charge in [0.2, 0.25) is 0 Å². The molecule has 0 amide bonds. The summed E-state index contributed by atoms with van der Waals surface area (Å²) in [5.41, 5.74) is -0.850. The molecule has 0 aliphatic heterocycles. The molecule has 1 aromatic rings. The molecule has 0 spiro atoms. The predicted octanol–water partition coefficient (Wildman–Crippen LogP) is 2.56. The smallest absolute Gasteiger partial charge is 0.416 e. The quantitative estimate of drug-likeness (QED) is 0.805. The fourth-order valence-corrected chi connectivity index (χ4v) is 1.11. The highest BCUT2D eigenvalue weighted by molar-refractivity contribution is 5.36. The maximum absolute atomic E-state index is 12.4. The van der Waals surface area contributed by atoms with E-state index in [4.69, 9.17) is 5.11 Å². The molecule has 1 rings (SSSR count). The Balaban J connectivity index is 3.16. The van der Waals surface area contributed by atoms with Gasteiger partial charge in [0.1, 0.15) is 5.75 Å². The molecule has 0 atom stereocenters. The van der Waals surface area contributed by atoms with Crippen LogP contribution < -0.4 is 0 Å². The van der Waals surface area contributed by atoms with Crippen LogP contribution in [0.2, 0.25) is 0 Å². The maximum atomic E-state index is 12.4. The fourth-order valence-electron chi connectivity index (χ4n) is 1.11. The molecule has 0 aliphatic rings. The summed E-state index contributed by atoms with van der Waals surface area (Å²) in [6.07, 6.45) is -4.47. The monoisotopic (exact) mass is 206 g/mol. The summed E-state index contributed by atoms with van der Waals surface area (Å²) in [5.74, 6) is -0.405. The Bertz CT molecular complexity index is 320. The second kappa shape index (κ2) is 3.88. The van der Waals surface area contributed by atoms with E-state index in [1.165, 1.54) is 19.2 Å². The van der Waals surface area contributed by atoms with Gasteiger partial charge < -0.3 is 9.84 Å². The number of benzene rings is 1. The highest BCUT2D eigenvalue weighted by Gasteiger charge is 2.33. The number of phenols is 1. The molecule has 78 valence electrons. The largest absolute Gasteiger partial charge is 0.508 e. The van der Waals surface area contributed by atoms with E-state index in [2.05, 4.69) is 4.74 Å². The lowest BCUT2D eigenvalue weighted by Gasteiger charge is -2.12. The van der Waals surface area contributed by atoms with Crippen LogP contribution in [0.15, 0.2) is 18.2 Å². The van der Waals surface area contributed by atoms with E-state index in [1.54, 1.807) is 0 Å². The summed E-state index contributed by atoms with van der Waals surface area (Å²) in [7, 11) is 1.31. The fraction of sp³-hybridized carbons (Fsp3) is 0.333. The standard InChI is InChI=1S/C9H9F3O2/c1-14-5-6-2-3-7(13)4-8(6)9(10,11)12/h2-4,13H,5H2,1H3. The summed E-state index contributed by atoms with van der Waals surface area (Å²) < 4.78 is 41.8. The van der Waals surface area contributed by atoms with Gasteiger partial charge >= 0.3 is 6.18 Å². The molecular formula is C9H9F3O2. The normalized spacial score (nSPS) is 11.7. The lowest BCUT2D eigenvalue weighted by atomic mass is 10.1. The average Bonchev–Trinajstić information content (AvgIpc) is 2.07. The van der Waals surface area contributed by atoms with Gasteiger partial charge in [0.05, 0.1) is 12.2 Å². The van der Waals surface area contributed by atoms with Gasteiger partial charge in [-0.3, -0.25) is 0 Å². The first-order valence-electron chi connectivity index (χ1n) is 3.83. The molecule has 0 saturated carbocycles. The molecule has 1 N–H and O–H groups in total. The zero-order valence-corrected chi connectivity index (χ0v) is 7.43. The van der Waals surface area contributed by atoms with Gasteiger partial charge in [0.15, 0.2) is 0 Å². The number of phenolic OH excluding ortho intramolecular Hbond substituents is 1. The maximum Gasteiger partial charge on any atom is 0.416 e. The minimum atomic E-state index is -4.47. The molecular weight excluding hydrogens is 197 g/mol. The van der Waals surface area contributed by atoms with Crippen LogP contribution in [0.25, 0.3) is 0 Å². The van der Waals surface area contributed by atoms with Crippen molar-refractivity contribution in [3.05, 3.63) is 29.3 Å². The van der Waals surface area contributed by atoms with Gasteiger partial charge in [0.25, 0.3) is 0 Å². The van der Waals surface area contributed by atoms with E-state index < -0.39 is 17.5 Å². The number of alkyl halides is 3. The predicted molar refractivity (Wildman–Crippen MR) is 43.8 cm³/mol. The van der Waals surface area contributed by atoms with Crippen molar-refractivity contribution in [2.24, 2.45) is 0 Å². The Hall–Kier alpha value is -1.23. The molecule has 0 saturated heterocycles.